The van der Waals surface area contributed by atoms with E-state index in [2.05, 4.69) is 10.3 Å². The summed E-state index contributed by atoms with van der Waals surface area (Å²) in [7, 11) is 0. The number of amides is 1. The van der Waals surface area contributed by atoms with Crippen LogP contribution in [0.4, 0.5) is 0 Å². The average molecular weight is 326 g/mol. The van der Waals surface area contributed by atoms with Gasteiger partial charge in [-0.05, 0) is 43.4 Å². The zero-order valence-corrected chi connectivity index (χ0v) is 13.8. The molecule has 0 saturated heterocycles. The van der Waals surface area contributed by atoms with Gasteiger partial charge < -0.3 is 14.8 Å². The van der Waals surface area contributed by atoms with Gasteiger partial charge in [-0.2, -0.15) is 0 Å². The molecule has 0 radical (unpaired) electrons. The SMILES string of the molecule is C[C@@H](OCC1CC1)C(=O)NCc1ccc(Oc2ccccc2)nc1. The van der Waals surface area contributed by atoms with Crippen molar-refractivity contribution in [3.63, 3.8) is 0 Å². The minimum atomic E-state index is -0.417. The Morgan fingerprint density at radius 2 is 2.04 bits per heavy atom. The Balaban J connectivity index is 1.44. The predicted molar refractivity (Wildman–Crippen MR) is 90.7 cm³/mol. The second kappa shape index (κ2) is 7.93. The number of hydrogen-bond donors (Lipinski definition) is 1. The van der Waals surface area contributed by atoms with Crippen LogP contribution in [0, 0.1) is 5.92 Å². The Bertz CT molecular complexity index is 654. The first-order valence-corrected chi connectivity index (χ1v) is 8.28. The predicted octanol–water partition coefficient (Wildman–Crippen LogP) is 3.31. The summed E-state index contributed by atoms with van der Waals surface area (Å²) in [5.41, 5.74) is 0.915. The highest BCUT2D eigenvalue weighted by atomic mass is 16.5. The van der Waals surface area contributed by atoms with Crippen LogP contribution in [0.2, 0.25) is 0 Å². The van der Waals surface area contributed by atoms with Gasteiger partial charge in [0.1, 0.15) is 11.9 Å². The first kappa shape index (κ1) is 16.5. The van der Waals surface area contributed by atoms with Gasteiger partial charge in [0.2, 0.25) is 11.8 Å². The molecule has 5 heteroatoms. The average Bonchev–Trinajstić information content (AvgIpc) is 3.44. The summed E-state index contributed by atoms with van der Waals surface area (Å²) in [6.45, 7) is 2.89. The lowest BCUT2D eigenvalue weighted by Gasteiger charge is -2.13. The van der Waals surface area contributed by atoms with Gasteiger partial charge in [-0.25, -0.2) is 4.98 Å². The lowest BCUT2D eigenvalue weighted by Crippen LogP contribution is -2.34. The van der Waals surface area contributed by atoms with Crippen LogP contribution in [-0.4, -0.2) is 23.6 Å². The molecule has 5 nitrogen and oxygen atoms in total. The van der Waals surface area contributed by atoms with E-state index in [1.807, 2.05) is 36.4 Å². The van der Waals surface area contributed by atoms with Crippen molar-refractivity contribution in [2.24, 2.45) is 5.92 Å². The van der Waals surface area contributed by atoms with E-state index < -0.39 is 6.10 Å². The lowest BCUT2D eigenvalue weighted by molar-refractivity contribution is -0.132. The van der Waals surface area contributed by atoms with Crippen LogP contribution in [-0.2, 0) is 16.1 Å². The normalized spacial score (nSPS) is 14.9. The fourth-order valence-electron chi connectivity index (χ4n) is 2.16. The van der Waals surface area contributed by atoms with E-state index in [0.717, 1.165) is 11.3 Å². The van der Waals surface area contributed by atoms with Gasteiger partial charge in [0, 0.05) is 18.8 Å². The Hall–Kier alpha value is -2.40. The third-order valence-corrected chi connectivity index (χ3v) is 3.88. The van der Waals surface area contributed by atoms with Gasteiger partial charge in [-0.1, -0.05) is 24.3 Å². The third kappa shape index (κ3) is 5.06. The summed E-state index contributed by atoms with van der Waals surface area (Å²) in [6, 6.07) is 13.2. The van der Waals surface area contributed by atoms with Crippen LogP contribution in [0.1, 0.15) is 25.3 Å². The van der Waals surface area contributed by atoms with E-state index in [1.165, 1.54) is 12.8 Å². The Labute approximate surface area is 142 Å². The summed E-state index contributed by atoms with van der Waals surface area (Å²) in [5, 5.41) is 2.87. The highest BCUT2D eigenvalue weighted by Gasteiger charge is 2.23. The van der Waals surface area contributed by atoms with Crippen molar-refractivity contribution in [1.82, 2.24) is 10.3 Å². The minimum Gasteiger partial charge on any atom is -0.439 e. The number of hydrogen-bond acceptors (Lipinski definition) is 4. The number of pyridine rings is 1. The second-order valence-electron chi connectivity index (χ2n) is 6.06. The van der Waals surface area contributed by atoms with Crippen molar-refractivity contribution >= 4 is 5.91 Å². The highest BCUT2D eigenvalue weighted by Crippen LogP contribution is 2.29. The molecular formula is C19H22N2O3. The standard InChI is InChI=1S/C19H22N2O3/c1-14(23-13-15-7-8-15)19(22)21-12-16-9-10-18(20-11-16)24-17-5-3-2-4-6-17/h2-6,9-11,14-15H,7-8,12-13H2,1H3,(H,21,22)/t14-/m1/s1. The molecule has 1 aliphatic carbocycles. The third-order valence-electron chi connectivity index (χ3n) is 3.88. The number of carbonyl (C=O) groups is 1. The molecule has 0 bridgehead atoms. The van der Waals surface area contributed by atoms with Gasteiger partial charge in [0.05, 0.1) is 6.61 Å². The fraction of sp³-hybridized carbons (Fsp3) is 0.368. The molecule has 1 N–H and O–H groups in total. The lowest BCUT2D eigenvalue weighted by atomic mass is 10.2. The Morgan fingerprint density at radius 1 is 1.25 bits per heavy atom. The molecule has 0 aliphatic heterocycles. The number of rotatable bonds is 8. The quantitative estimate of drug-likeness (QED) is 0.808. The van der Waals surface area contributed by atoms with Crippen molar-refractivity contribution in [2.75, 3.05) is 6.61 Å². The van der Waals surface area contributed by atoms with E-state index in [4.69, 9.17) is 9.47 Å². The first-order valence-electron chi connectivity index (χ1n) is 8.28. The van der Waals surface area contributed by atoms with Gasteiger partial charge in [0.15, 0.2) is 0 Å². The molecule has 1 aliphatic rings. The van der Waals surface area contributed by atoms with Crippen LogP contribution in [0.15, 0.2) is 48.7 Å². The van der Waals surface area contributed by atoms with E-state index in [-0.39, 0.29) is 5.91 Å². The number of carbonyl (C=O) groups excluding carboxylic acids is 1. The van der Waals surface area contributed by atoms with Crippen molar-refractivity contribution in [2.45, 2.75) is 32.4 Å². The van der Waals surface area contributed by atoms with Crippen LogP contribution in [0.3, 0.4) is 0 Å². The maximum Gasteiger partial charge on any atom is 0.249 e. The van der Waals surface area contributed by atoms with Gasteiger partial charge in [-0.15, -0.1) is 0 Å². The molecule has 0 spiro atoms. The maximum absolute atomic E-state index is 12.0. The zero-order valence-electron chi connectivity index (χ0n) is 13.8. The van der Waals surface area contributed by atoms with Crippen molar-refractivity contribution in [1.29, 1.82) is 0 Å². The first-order chi connectivity index (χ1) is 11.7. The molecule has 1 amide bonds. The molecule has 1 heterocycles. The molecule has 0 unspecified atom stereocenters. The molecule has 1 saturated carbocycles. The zero-order chi connectivity index (χ0) is 16.8. The number of benzene rings is 1. The van der Waals surface area contributed by atoms with Crippen LogP contribution >= 0.6 is 0 Å². The van der Waals surface area contributed by atoms with Gasteiger partial charge in [0.25, 0.3) is 0 Å². The van der Waals surface area contributed by atoms with Gasteiger partial charge >= 0.3 is 0 Å². The molecule has 1 fully saturated rings. The number of aromatic nitrogens is 1. The minimum absolute atomic E-state index is 0.0970. The topological polar surface area (TPSA) is 60.5 Å². The van der Waals surface area contributed by atoms with Gasteiger partial charge in [-0.3, -0.25) is 4.79 Å². The Morgan fingerprint density at radius 3 is 2.71 bits per heavy atom. The van der Waals surface area contributed by atoms with E-state index in [9.17, 15) is 4.79 Å². The van der Waals surface area contributed by atoms with Crippen LogP contribution in [0.5, 0.6) is 11.6 Å². The van der Waals surface area contributed by atoms with Crippen molar-refractivity contribution in [3.05, 3.63) is 54.2 Å². The van der Waals surface area contributed by atoms with E-state index in [1.54, 1.807) is 19.2 Å². The number of nitrogens with zero attached hydrogens (tertiary/aromatic N) is 1. The number of para-hydroxylation sites is 1. The summed E-state index contributed by atoms with van der Waals surface area (Å²) < 4.78 is 11.2. The van der Waals surface area contributed by atoms with Crippen LogP contribution < -0.4 is 10.1 Å². The van der Waals surface area contributed by atoms with Crippen molar-refractivity contribution < 1.29 is 14.3 Å². The molecule has 3 rings (SSSR count). The summed E-state index contributed by atoms with van der Waals surface area (Å²) in [5.74, 6) is 1.83. The Kier molecular flexibility index (Phi) is 5.43. The molecule has 126 valence electrons. The van der Waals surface area contributed by atoms with Crippen molar-refractivity contribution in [3.8, 4) is 11.6 Å². The summed E-state index contributed by atoms with van der Waals surface area (Å²) in [4.78, 5) is 16.2. The maximum atomic E-state index is 12.0. The van der Waals surface area contributed by atoms with E-state index >= 15 is 0 Å². The monoisotopic (exact) mass is 326 g/mol. The smallest absolute Gasteiger partial charge is 0.249 e. The molecule has 1 aromatic carbocycles. The number of nitrogens with one attached hydrogen (secondary N) is 1. The largest absolute Gasteiger partial charge is 0.439 e. The molecular weight excluding hydrogens is 304 g/mol. The molecule has 24 heavy (non-hydrogen) atoms. The summed E-state index contributed by atoms with van der Waals surface area (Å²) in [6.07, 6.45) is 3.72. The van der Waals surface area contributed by atoms with Crippen LogP contribution in [0.25, 0.3) is 0 Å². The molecule has 2 aromatic rings. The summed E-state index contributed by atoms with van der Waals surface area (Å²) >= 11 is 0. The molecule has 1 atom stereocenters. The highest BCUT2D eigenvalue weighted by molar-refractivity contribution is 5.80. The van der Waals surface area contributed by atoms with E-state index in [0.29, 0.717) is 24.9 Å². The fourth-order valence-corrected chi connectivity index (χ4v) is 2.16. The number of ether oxygens (including phenoxy) is 2. The molecule has 1 aromatic heterocycles. The second-order valence-corrected chi connectivity index (χ2v) is 6.06.